The molecular formula is C18H22N2O3. The Morgan fingerprint density at radius 2 is 1.91 bits per heavy atom. The lowest BCUT2D eigenvalue weighted by Gasteiger charge is -2.14. The minimum absolute atomic E-state index is 0.250. The van der Waals surface area contributed by atoms with E-state index in [4.69, 9.17) is 14.2 Å². The normalized spacial score (nSPS) is 12.3. The first kappa shape index (κ1) is 15.5. The molecule has 3 rings (SSSR count). The van der Waals surface area contributed by atoms with Gasteiger partial charge < -0.3 is 24.4 Å². The molecule has 5 heteroatoms. The van der Waals surface area contributed by atoms with Crippen molar-refractivity contribution in [1.82, 2.24) is 5.32 Å². The van der Waals surface area contributed by atoms with Gasteiger partial charge in [0, 0.05) is 32.9 Å². The molecule has 0 unspecified atom stereocenters. The Morgan fingerprint density at radius 3 is 2.70 bits per heavy atom. The molecule has 5 nitrogen and oxygen atoms in total. The Kier molecular flexibility index (Phi) is 4.57. The molecule has 1 aliphatic rings. The highest BCUT2D eigenvalue weighted by Gasteiger charge is 2.19. The van der Waals surface area contributed by atoms with E-state index in [0.29, 0.717) is 11.5 Å². The van der Waals surface area contributed by atoms with Gasteiger partial charge in [-0.25, -0.2) is 0 Å². The number of nitrogens with zero attached hydrogens (tertiary/aromatic N) is 1. The summed E-state index contributed by atoms with van der Waals surface area (Å²) < 4.78 is 16.2. The maximum Gasteiger partial charge on any atom is 0.231 e. The van der Waals surface area contributed by atoms with Gasteiger partial charge in [-0.2, -0.15) is 0 Å². The molecule has 122 valence electrons. The summed E-state index contributed by atoms with van der Waals surface area (Å²) in [5.41, 5.74) is 3.56. The topological polar surface area (TPSA) is 43.0 Å². The van der Waals surface area contributed by atoms with Crippen LogP contribution in [0.15, 0.2) is 36.4 Å². The van der Waals surface area contributed by atoms with Gasteiger partial charge in [0.2, 0.25) is 12.5 Å². The minimum atomic E-state index is 0.250. The van der Waals surface area contributed by atoms with Crippen LogP contribution in [0.3, 0.4) is 0 Å². The SMILES string of the molecule is COc1cc(CNCc2cccc(N(C)C)c2)cc2c1OCO2. The van der Waals surface area contributed by atoms with Gasteiger partial charge in [-0.15, -0.1) is 0 Å². The van der Waals surface area contributed by atoms with Gasteiger partial charge >= 0.3 is 0 Å². The molecule has 1 heterocycles. The molecule has 1 aliphatic heterocycles. The Labute approximate surface area is 136 Å². The number of hydrogen-bond donors (Lipinski definition) is 1. The fourth-order valence-corrected chi connectivity index (χ4v) is 2.58. The van der Waals surface area contributed by atoms with Crippen LogP contribution in [0.1, 0.15) is 11.1 Å². The molecule has 23 heavy (non-hydrogen) atoms. The van der Waals surface area contributed by atoms with Crippen molar-refractivity contribution < 1.29 is 14.2 Å². The zero-order valence-electron chi connectivity index (χ0n) is 13.8. The second kappa shape index (κ2) is 6.79. The number of rotatable bonds is 6. The zero-order chi connectivity index (χ0) is 16.2. The minimum Gasteiger partial charge on any atom is -0.493 e. The Bertz CT molecular complexity index is 686. The first-order valence-corrected chi connectivity index (χ1v) is 7.61. The van der Waals surface area contributed by atoms with E-state index in [1.54, 1.807) is 7.11 Å². The number of nitrogens with one attached hydrogen (secondary N) is 1. The standard InChI is InChI=1S/C18H22N2O3/c1-20(2)15-6-4-5-13(7-15)10-19-11-14-8-16(21-3)18-17(9-14)22-12-23-18/h4-9,19H,10-12H2,1-3H3. The first-order chi connectivity index (χ1) is 11.2. The molecular weight excluding hydrogens is 292 g/mol. The molecule has 0 bridgehead atoms. The van der Waals surface area contributed by atoms with Gasteiger partial charge in [-0.3, -0.25) is 0 Å². The van der Waals surface area contributed by atoms with E-state index in [0.717, 1.165) is 24.4 Å². The first-order valence-electron chi connectivity index (χ1n) is 7.61. The van der Waals surface area contributed by atoms with Crippen LogP contribution >= 0.6 is 0 Å². The predicted octanol–water partition coefficient (Wildman–Crippen LogP) is 2.78. The van der Waals surface area contributed by atoms with Gasteiger partial charge in [0.05, 0.1) is 7.11 Å². The number of benzene rings is 2. The Balaban J connectivity index is 1.64. The van der Waals surface area contributed by atoms with Crippen molar-refractivity contribution in [3.63, 3.8) is 0 Å². The summed E-state index contributed by atoms with van der Waals surface area (Å²) in [6.45, 7) is 1.79. The van der Waals surface area contributed by atoms with E-state index in [-0.39, 0.29) is 6.79 Å². The summed E-state index contributed by atoms with van der Waals surface area (Å²) in [6.07, 6.45) is 0. The van der Waals surface area contributed by atoms with Crippen molar-refractivity contribution in [3.8, 4) is 17.2 Å². The van der Waals surface area contributed by atoms with Crippen LogP contribution in [0, 0.1) is 0 Å². The summed E-state index contributed by atoms with van der Waals surface area (Å²) in [5, 5.41) is 3.46. The number of methoxy groups -OCH3 is 1. The lowest BCUT2D eigenvalue weighted by atomic mass is 10.1. The van der Waals surface area contributed by atoms with Crippen molar-refractivity contribution in [2.24, 2.45) is 0 Å². The highest BCUT2D eigenvalue weighted by atomic mass is 16.7. The zero-order valence-corrected chi connectivity index (χ0v) is 13.8. The monoisotopic (exact) mass is 314 g/mol. The molecule has 0 spiro atoms. The van der Waals surface area contributed by atoms with Gasteiger partial charge in [0.1, 0.15) is 0 Å². The summed E-state index contributed by atoms with van der Waals surface area (Å²) in [7, 11) is 5.73. The van der Waals surface area contributed by atoms with Crippen LogP contribution in [-0.2, 0) is 13.1 Å². The third-order valence-electron chi connectivity index (χ3n) is 3.80. The average molecular weight is 314 g/mol. The number of fused-ring (bicyclic) bond motifs is 1. The summed E-state index contributed by atoms with van der Waals surface area (Å²) >= 11 is 0. The fourth-order valence-electron chi connectivity index (χ4n) is 2.58. The predicted molar refractivity (Wildman–Crippen MR) is 90.4 cm³/mol. The molecule has 0 radical (unpaired) electrons. The van der Waals surface area contributed by atoms with Gasteiger partial charge in [-0.05, 0) is 35.4 Å². The molecule has 2 aromatic carbocycles. The lowest BCUT2D eigenvalue weighted by Crippen LogP contribution is -2.14. The highest BCUT2D eigenvalue weighted by molar-refractivity contribution is 5.55. The number of ether oxygens (including phenoxy) is 3. The van der Waals surface area contributed by atoms with E-state index >= 15 is 0 Å². The maximum absolute atomic E-state index is 5.45. The molecule has 0 atom stereocenters. The largest absolute Gasteiger partial charge is 0.493 e. The average Bonchev–Trinajstić information content (AvgIpc) is 3.03. The van der Waals surface area contributed by atoms with Crippen LogP contribution < -0.4 is 24.4 Å². The van der Waals surface area contributed by atoms with Crippen molar-refractivity contribution in [2.45, 2.75) is 13.1 Å². The molecule has 0 saturated heterocycles. The number of hydrogen-bond acceptors (Lipinski definition) is 5. The van der Waals surface area contributed by atoms with E-state index < -0.39 is 0 Å². The van der Waals surface area contributed by atoms with Crippen LogP contribution in [0.4, 0.5) is 5.69 Å². The highest BCUT2D eigenvalue weighted by Crippen LogP contribution is 2.41. The summed E-state index contributed by atoms with van der Waals surface area (Å²) in [4.78, 5) is 2.10. The molecule has 0 fully saturated rings. The lowest BCUT2D eigenvalue weighted by molar-refractivity contribution is 0.171. The van der Waals surface area contributed by atoms with E-state index in [2.05, 4.69) is 34.5 Å². The maximum atomic E-state index is 5.45. The smallest absolute Gasteiger partial charge is 0.231 e. The van der Waals surface area contributed by atoms with Crippen molar-refractivity contribution >= 4 is 5.69 Å². The molecule has 2 aromatic rings. The fraction of sp³-hybridized carbons (Fsp3) is 0.333. The van der Waals surface area contributed by atoms with Gasteiger partial charge in [-0.1, -0.05) is 12.1 Å². The van der Waals surface area contributed by atoms with Crippen LogP contribution in [-0.4, -0.2) is 28.0 Å². The third-order valence-corrected chi connectivity index (χ3v) is 3.80. The molecule has 0 amide bonds. The van der Waals surface area contributed by atoms with Gasteiger partial charge in [0.25, 0.3) is 0 Å². The van der Waals surface area contributed by atoms with Crippen molar-refractivity contribution in [3.05, 3.63) is 47.5 Å². The Morgan fingerprint density at radius 1 is 1.09 bits per heavy atom. The van der Waals surface area contributed by atoms with E-state index in [1.807, 2.05) is 26.2 Å². The molecule has 0 aliphatic carbocycles. The third kappa shape index (κ3) is 3.51. The Hall–Kier alpha value is -2.40. The van der Waals surface area contributed by atoms with Crippen molar-refractivity contribution in [2.75, 3.05) is 32.9 Å². The second-order valence-electron chi connectivity index (χ2n) is 5.70. The van der Waals surface area contributed by atoms with Gasteiger partial charge in [0.15, 0.2) is 11.5 Å². The summed E-state index contributed by atoms with van der Waals surface area (Å²) in [5.74, 6) is 2.15. The van der Waals surface area contributed by atoms with Crippen LogP contribution in [0.25, 0.3) is 0 Å². The van der Waals surface area contributed by atoms with Crippen molar-refractivity contribution in [1.29, 1.82) is 0 Å². The number of anilines is 1. The second-order valence-corrected chi connectivity index (χ2v) is 5.70. The van der Waals surface area contributed by atoms with E-state index in [9.17, 15) is 0 Å². The van der Waals surface area contributed by atoms with E-state index in [1.165, 1.54) is 11.3 Å². The molecule has 0 saturated carbocycles. The van der Waals surface area contributed by atoms with Crippen LogP contribution in [0.5, 0.6) is 17.2 Å². The molecule has 1 N–H and O–H groups in total. The summed E-state index contributed by atoms with van der Waals surface area (Å²) in [6, 6.07) is 12.5. The van der Waals surface area contributed by atoms with Crippen LogP contribution in [0.2, 0.25) is 0 Å². The molecule has 0 aromatic heterocycles. The quantitative estimate of drug-likeness (QED) is 0.888.